The number of fused-ring (bicyclic) bond motifs is 1. The summed E-state index contributed by atoms with van der Waals surface area (Å²) in [7, 11) is 0. The Kier molecular flexibility index (Phi) is 3.74. The van der Waals surface area contributed by atoms with Crippen molar-refractivity contribution in [2.45, 2.75) is 12.8 Å². The van der Waals surface area contributed by atoms with Crippen LogP contribution in [0.2, 0.25) is 0 Å². The first-order valence-corrected chi connectivity index (χ1v) is 7.91. The number of hydrogen-bond donors (Lipinski definition) is 3. The second kappa shape index (κ2) is 6.20. The maximum atomic E-state index is 12.2. The van der Waals surface area contributed by atoms with Gasteiger partial charge in [-0.15, -0.1) is 0 Å². The van der Waals surface area contributed by atoms with Crippen molar-refractivity contribution in [3.63, 3.8) is 0 Å². The van der Waals surface area contributed by atoms with Crippen LogP contribution in [0, 0.1) is 0 Å². The maximum absolute atomic E-state index is 12.2. The number of benzene rings is 2. The number of nitrogens with one attached hydrogen (secondary N) is 3. The van der Waals surface area contributed by atoms with Gasteiger partial charge in [0.1, 0.15) is 11.5 Å². The molecule has 25 heavy (non-hydrogen) atoms. The van der Waals surface area contributed by atoms with E-state index in [-0.39, 0.29) is 18.2 Å². The monoisotopic (exact) mass is 333 g/mol. The Morgan fingerprint density at radius 3 is 2.76 bits per heavy atom. The van der Waals surface area contributed by atoms with Gasteiger partial charge in [0.15, 0.2) is 0 Å². The Balaban J connectivity index is 1.57. The number of aromatic amines is 1. The number of anilines is 1. The molecule has 4 rings (SSSR count). The van der Waals surface area contributed by atoms with Gasteiger partial charge in [-0.2, -0.15) is 5.10 Å². The summed E-state index contributed by atoms with van der Waals surface area (Å²) in [5.41, 5.74) is 5.99. The smallest absolute Gasteiger partial charge is 0.271 e. The minimum absolute atomic E-state index is 0.177. The van der Waals surface area contributed by atoms with E-state index in [9.17, 15) is 9.59 Å². The summed E-state index contributed by atoms with van der Waals surface area (Å²) in [5.74, 6) is 0.241. The molecule has 3 N–H and O–H groups in total. The van der Waals surface area contributed by atoms with Crippen molar-refractivity contribution in [3.05, 3.63) is 48.5 Å². The van der Waals surface area contributed by atoms with Gasteiger partial charge in [0.2, 0.25) is 5.91 Å². The molecule has 0 spiro atoms. The summed E-state index contributed by atoms with van der Waals surface area (Å²) < 4.78 is 0. The predicted octanol–water partition coefficient (Wildman–Crippen LogP) is 2.43. The van der Waals surface area contributed by atoms with Crippen molar-refractivity contribution in [3.8, 4) is 11.4 Å². The van der Waals surface area contributed by atoms with E-state index in [2.05, 4.69) is 25.8 Å². The topological polar surface area (TPSA) is 99.2 Å². The van der Waals surface area contributed by atoms with E-state index in [1.807, 2.05) is 42.5 Å². The van der Waals surface area contributed by atoms with Gasteiger partial charge in [-0.25, -0.2) is 10.4 Å². The molecule has 124 valence electrons. The Morgan fingerprint density at radius 1 is 1.08 bits per heavy atom. The molecular formula is C18H15N5O2. The van der Waals surface area contributed by atoms with E-state index in [0.29, 0.717) is 17.8 Å². The van der Waals surface area contributed by atoms with Gasteiger partial charge in [0, 0.05) is 24.1 Å². The number of para-hydroxylation sites is 2. The molecule has 7 heteroatoms. The van der Waals surface area contributed by atoms with Crippen LogP contribution >= 0.6 is 0 Å². The van der Waals surface area contributed by atoms with E-state index >= 15 is 0 Å². The molecule has 2 heterocycles. The highest BCUT2D eigenvalue weighted by Gasteiger charge is 2.18. The fourth-order valence-electron chi connectivity index (χ4n) is 2.67. The molecule has 0 saturated carbocycles. The molecule has 0 radical (unpaired) electrons. The first kappa shape index (κ1) is 15.1. The zero-order valence-corrected chi connectivity index (χ0v) is 13.2. The SMILES string of the molecule is O=C1CCC(C(=O)Nc2cccc(-c3nc4ccccc4[nH]3)c2)=NN1. The third-order valence-corrected chi connectivity index (χ3v) is 3.95. The Hall–Kier alpha value is -3.48. The van der Waals surface area contributed by atoms with Crippen LogP contribution < -0.4 is 10.7 Å². The second-order valence-corrected chi connectivity index (χ2v) is 5.73. The van der Waals surface area contributed by atoms with Crippen LogP contribution in [0.5, 0.6) is 0 Å². The van der Waals surface area contributed by atoms with Gasteiger partial charge in [-0.3, -0.25) is 9.59 Å². The normalized spacial score (nSPS) is 14.1. The summed E-state index contributed by atoms with van der Waals surface area (Å²) >= 11 is 0. The molecule has 1 aliphatic rings. The van der Waals surface area contributed by atoms with Crippen LogP contribution in [0.4, 0.5) is 5.69 Å². The third-order valence-electron chi connectivity index (χ3n) is 3.95. The molecule has 7 nitrogen and oxygen atoms in total. The Labute approximate surface area is 143 Å². The zero-order valence-electron chi connectivity index (χ0n) is 13.2. The highest BCUT2D eigenvalue weighted by molar-refractivity contribution is 6.43. The molecule has 1 aliphatic heterocycles. The molecular weight excluding hydrogens is 318 g/mol. The molecule has 2 amide bonds. The molecule has 0 fully saturated rings. The van der Waals surface area contributed by atoms with Crippen molar-refractivity contribution < 1.29 is 9.59 Å². The Morgan fingerprint density at radius 2 is 1.96 bits per heavy atom. The van der Waals surface area contributed by atoms with Crippen molar-refractivity contribution in [2.24, 2.45) is 5.10 Å². The third kappa shape index (κ3) is 3.12. The number of carbonyl (C=O) groups is 2. The van der Waals surface area contributed by atoms with Crippen LogP contribution in [-0.2, 0) is 9.59 Å². The largest absolute Gasteiger partial charge is 0.338 e. The van der Waals surface area contributed by atoms with Crippen LogP contribution in [0.25, 0.3) is 22.4 Å². The number of hydrogen-bond acceptors (Lipinski definition) is 4. The van der Waals surface area contributed by atoms with Gasteiger partial charge in [-0.1, -0.05) is 24.3 Å². The molecule has 0 saturated heterocycles. The van der Waals surface area contributed by atoms with Crippen LogP contribution in [0.15, 0.2) is 53.6 Å². The lowest BCUT2D eigenvalue weighted by molar-refractivity contribution is -0.121. The summed E-state index contributed by atoms with van der Waals surface area (Å²) in [4.78, 5) is 31.2. The fraction of sp³-hybridized carbons (Fsp3) is 0.111. The molecule has 0 bridgehead atoms. The molecule has 2 aromatic carbocycles. The van der Waals surface area contributed by atoms with E-state index in [4.69, 9.17) is 0 Å². The quantitative estimate of drug-likeness (QED) is 0.686. The fourth-order valence-corrected chi connectivity index (χ4v) is 2.67. The summed E-state index contributed by atoms with van der Waals surface area (Å²) in [6.45, 7) is 0. The number of carbonyl (C=O) groups excluding carboxylic acids is 2. The first-order chi connectivity index (χ1) is 12.2. The standard InChI is InChI=1S/C18H15N5O2/c24-16-9-8-15(22-23-16)18(25)19-12-5-3-4-11(10-12)17-20-13-6-1-2-7-14(13)21-17/h1-7,10H,8-9H2,(H,19,25)(H,20,21)(H,23,24). The minimum Gasteiger partial charge on any atom is -0.338 e. The molecule has 0 aliphatic carbocycles. The van der Waals surface area contributed by atoms with Gasteiger partial charge in [0.25, 0.3) is 5.91 Å². The average Bonchev–Trinajstić information content (AvgIpc) is 3.07. The number of hydrazone groups is 1. The van der Waals surface area contributed by atoms with Gasteiger partial charge in [0.05, 0.1) is 11.0 Å². The molecule has 0 unspecified atom stereocenters. The highest BCUT2D eigenvalue weighted by Crippen LogP contribution is 2.23. The second-order valence-electron chi connectivity index (χ2n) is 5.73. The predicted molar refractivity (Wildman–Crippen MR) is 95.0 cm³/mol. The van der Waals surface area contributed by atoms with Crippen LogP contribution in [0.3, 0.4) is 0 Å². The number of rotatable bonds is 3. The van der Waals surface area contributed by atoms with Gasteiger partial charge in [-0.05, 0) is 24.3 Å². The average molecular weight is 333 g/mol. The lowest BCUT2D eigenvalue weighted by atomic mass is 10.1. The number of nitrogens with zero attached hydrogens (tertiary/aromatic N) is 2. The zero-order chi connectivity index (χ0) is 17.2. The maximum Gasteiger partial charge on any atom is 0.271 e. The number of H-pyrrole nitrogens is 1. The first-order valence-electron chi connectivity index (χ1n) is 7.91. The van der Waals surface area contributed by atoms with E-state index in [1.54, 1.807) is 6.07 Å². The lowest BCUT2D eigenvalue weighted by Crippen LogP contribution is -2.32. The molecule has 0 atom stereocenters. The summed E-state index contributed by atoms with van der Waals surface area (Å²) in [6, 6.07) is 15.2. The van der Waals surface area contributed by atoms with Crippen LogP contribution in [-0.4, -0.2) is 27.5 Å². The summed E-state index contributed by atoms with van der Waals surface area (Å²) in [5, 5.41) is 6.61. The van der Waals surface area contributed by atoms with Crippen LogP contribution in [0.1, 0.15) is 12.8 Å². The van der Waals surface area contributed by atoms with Crippen molar-refractivity contribution in [2.75, 3.05) is 5.32 Å². The number of aromatic nitrogens is 2. The number of amides is 2. The van der Waals surface area contributed by atoms with E-state index < -0.39 is 0 Å². The van der Waals surface area contributed by atoms with Gasteiger partial charge >= 0.3 is 0 Å². The van der Waals surface area contributed by atoms with E-state index in [0.717, 1.165) is 22.4 Å². The van der Waals surface area contributed by atoms with Crippen molar-refractivity contribution in [1.82, 2.24) is 15.4 Å². The minimum atomic E-state index is -0.318. The van der Waals surface area contributed by atoms with Crippen molar-refractivity contribution >= 4 is 34.2 Å². The highest BCUT2D eigenvalue weighted by atomic mass is 16.2. The number of imidazole rings is 1. The van der Waals surface area contributed by atoms with Gasteiger partial charge < -0.3 is 10.3 Å². The molecule has 3 aromatic rings. The summed E-state index contributed by atoms with van der Waals surface area (Å²) in [6.07, 6.45) is 0.603. The molecule has 1 aromatic heterocycles. The van der Waals surface area contributed by atoms with E-state index in [1.165, 1.54) is 0 Å². The Bertz CT molecular complexity index is 972. The lowest BCUT2D eigenvalue weighted by Gasteiger charge is -2.12. The van der Waals surface area contributed by atoms with Crippen molar-refractivity contribution in [1.29, 1.82) is 0 Å².